The minimum absolute atomic E-state index is 0.00896. The minimum atomic E-state index is -1.88. The average molecular weight is 676 g/mol. The van der Waals surface area contributed by atoms with Gasteiger partial charge in [-0.2, -0.15) is 5.26 Å². The number of carbonyl (C=O) groups is 4. The van der Waals surface area contributed by atoms with Crippen molar-refractivity contribution in [3.8, 4) is 6.07 Å². The number of likely N-dealkylation sites (tertiary alicyclic amines) is 2. The van der Waals surface area contributed by atoms with E-state index in [0.717, 1.165) is 37.9 Å². The number of nitrogens with one attached hydrogen (secondary N) is 2. The topological polar surface area (TPSA) is 123 Å². The predicted octanol–water partition coefficient (Wildman–Crippen LogP) is 6.53. The summed E-state index contributed by atoms with van der Waals surface area (Å²) in [7, 11) is 1.69. The van der Waals surface area contributed by atoms with Gasteiger partial charge in [-0.15, -0.1) is 0 Å². The van der Waals surface area contributed by atoms with Gasteiger partial charge in [0.2, 0.25) is 11.8 Å². The van der Waals surface area contributed by atoms with Gasteiger partial charge in [0.15, 0.2) is 5.67 Å². The number of hydrogen-bond acceptors (Lipinski definition) is 6. The summed E-state index contributed by atoms with van der Waals surface area (Å²) in [5, 5.41) is 14.6. The second-order valence-corrected chi connectivity index (χ2v) is 12.9. The van der Waals surface area contributed by atoms with Gasteiger partial charge in [0.25, 0.3) is 5.91 Å². The molecule has 11 heteroatoms. The predicted molar refractivity (Wildman–Crippen MR) is 186 cm³/mol. The first-order chi connectivity index (χ1) is 22.9. The van der Waals surface area contributed by atoms with Crippen LogP contribution in [0.15, 0.2) is 24.3 Å². The molecule has 2 aliphatic heterocycles. The fourth-order valence-corrected chi connectivity index (χ4v) is 6.35. The molecule has 1 aromatic carbocycles. The summed E-state index contributed by atoms with van der Waals surface area (Å²) >= 11 is 0. The number of nitrogens with zero attached hydrogens (tertiary/aromatic N) is 3. The lowest BCUT2D eigenvalue weighted by atomic mass is 9.78. The number of halogens is 2. The van der Waals surface area contributed by atoms with Crippen LogP contribution in [-0.2, 0) is 19.2 Å². The number of hydrogen-bond donors (Lipinski definition) is 2. The Hall–Kier alpha value is -3.55. The second-order valence-electron chi connectivity index (χ2n) is 12.9. The molecule has 1 aromatic rings. The average Bonchev–Trinajstić information content (AvgIpc) is 3.70. The van der Waals surface area contributed by atoms with E-state index in [4.69, 9.17) is 0 Å². The number of aldehydes is 1. The van der Waals surface area contributed by atoms with Gasteiger partial charge in [0.05, 0.1) is 18.3 Å². The van der Waals surface area contributed by atoms with Crippen LogP contribution in [0.3, 0.4) is 0 Å². The number of rotatable bonds is 6. The Bertz CT molecular complexity index is 1200. The molecule has 4 fully saturated rings. The summed E-state index contributed by atoms with van der Waals surface area (Å²) in [6.07, 6.45) is 5.87. The van der Waals surface area contributed by atoms with Gasteiger partial charge in [-0.1, -0.05) is 73.4 Å². The minimum Gasteiger partial charge on any atom is -0.386 e. The zero-order chi connectivity index (χ0) is 36.4. The van der Waals surface area contributed by atoms with Gasteiger partial charge in [0, 0.05) is 26.1 Å². The maximum Gasteiger partial charge on any atom is 0.258 e. The van der Waals surface area contributed by atoms with E-state index in [-0.39, 0.29) is 55.4 Å². The first-order valence-electron chi connectivity index (χ1n) is 17.8. The van der Waals surface area contributed by atoms with E-state index in [1.807, 2.05) is 27.7 Å². The van der Waals surface area contributed by atoms with Crippen molar-refractivity contribution in [3.05, 3.63) is 30.1 Å². The van der Waals surface area contributed by atoms with Gasteiger partial charge >= 0.3 is 0 Å². The molecule has 0 spiro atoms. The van der Waals surface area contributed by atoms with Crippen molar-refractivity contribution in [2.24, 2.45) is 23.7 Å². The molecule has 5 atom stereocenters. The first kappa shape index (κ1) is 42.5. The Morgan fingerprint density at radius 1 is 1.02 bits per heavy atom. The SMILES string of the molecule is CC.CC.CC(C)C.CNc1ccccc1F.N#CC1CC(C=O)CN1C(=O)[C@@H]1C2CCCCC2CN1C(=O)CNC(=O)C1(F)CCC1. The molecule has 9 nitrogen and oxygen atoms in total. The van der Waals surface area contributed by atoms with Crippen LogP contribution < -0.4 is 10.6 Å². The molecule has 5 rings (SSSR count). The molecular formula is C37H59F2N5O4. The summed E-state index contributed by atoms with van der Waals surface area (Å²) in [5.74, 6) is -0.982. The van der Waals surface area contributed by atoms with Gasteiger partial charge in [-0.05, 0) is 68.4 Å². The van der Waals surface area contributed by atoms with E-state index in [0.29, 0.717) is 25.1 Å². The molecule has 2 saturated heterocycles. The van der Waals surface area contributed by atoms with Crippen LogP contribution in [0.1, 0.15) is 99.8 Å². The standard InChI is InChI=1S/C22H29FN4O4.C7H8FN.C4H10.2C2H6/c23-22(6-3-7-22)21(31)25-10-18(29)27-12-15-4-1-2-5-17(15)19(27)20(30)26-11-14(13-28)8-16(26)9-24;1-9-7-5-3-2-4-6(7)8;1-4(2)3;2*1-2/h13-17,19H,1-8,10-12H2,(H,25,31);2-5,9H,1H3;4H,1-3H3;2*1-2H3/t14?,15?,16?,17?,19-;;;;/m0..../s1. The van der Waals surface area contributed by atoms with Crippen LogP contribution in [-0.4, -0.2) is 78.2 Å². The van der Waals surface area contributed by atoms with Gasteiger partial charge in [0.1, 0.15) is 24.2 Å². The van der Waals surface area contributed by atoms with E-state index in [1.165, 1.54) is 15.9 Å². The Kier molecular flexibility index (Phi) is 19.0. The number of fused-ring (bicyclic) bond motifs is 1. The highest BCUT2D eigenvalue weighted by atomic mass is 19.1. The lowest BCUT2D eigenvalue weighted by Gasteiger charge is -2.34. The van der Waals surface area contributed by atoms with E-state index in [1.54, 1.807) is 25.2 Å². The Morgan fingerprint density at radius 3 is 2.12 bits per heavy atom. The fourth-order valence-electron chi connectivity index (χ4n) is 6.35. The summed E-state index contributed by atoms with van der Waals surface area (Å²) in [6, 6.07) is 7.30. The van der Waals surface area contributed by atoms with E-state index < -0.39 is 29.6 Å². The van der Waals surface area contributed by atoms with Crippen molar-refractivity contribution in [2.75, 3.05) is 32.0 Å². The van der Waals surface area contributed by atoms with Crippen LogP contribution in [0.2, 0.25) is 0 Å². The number of para-hydroxylation sites is 1. The molecule has 0 bridgehead atoms. The third kappa shape index (κ3) is 11.6. The van der Waals surface area contributed by atoms with Crippen molar-refractivity contribution in [1.29, 1.82) is 5.26 Å². The lowest BCUT2D eigenvalue weighted by Crippen LogP contribution is -2.55. The molecule has 270 valence electrons. The number of nitriles is 1. The number of benzene rings is 1. The molecule has 2 saturated carbocycles. The molecule has 2 aliphatic carbocycles. The summed E-state index contributed by atoms with van der Waals surface area (Å²) in [5.41, 5.74) is -1.34. The molecule has 4 aliphatic rings. The smallest absolute Gasteiger partial charge is 0.258 e. The Balaban J connectivity index is 0.000000562. The molecule has 48 heavy (non-hydrogen) atoms. The maximum absolute atomic E-state index is 14.3. The molecular weight excluding hydrogens is 616 g/mol. The molecule has 4 unspecified atom stereocenters. The highest BCUT2D eigenvalue weighted by Gasteiger charge is 2.51. The van der Waals surface area contributed by atoms with Crippen LogP contribution in [0.4, 0.5) is 14.5 Å². The van der Waals surface area contributed by atoms with Crippen LogP contribution in [0, 0.1) is 40.8 Å². The largest absolute Gasteiger partial charge is 0.386 e. The summed E-state index contributed by atoms with van der Waals surface area (Å²) in [6.45, 7) is 14.8. The molecule has 0 radical (unpaired) electrons. The highest BCUT2D eigenvalue weighted by molar-refractivity contribution is 5.93. The van der Waals surface area contributed by atoms with E-state index >= 15 is 0 Å². The van der Waals surface area contributed by atoms with Crippen molar-refractivity contribution in [1.82, 2.24) is 15.1 Å². The molecule has 2 heterocycles. The number of anilines is 1. The zero-order valence-electron chi connectivity index (χ0n) is 30.4. The van der Waals surface area contributed by atoms with E-state index in [9.17, 15) is 33.2 Å². The first-order valence-corrected chi connectivity index (χ1v) is 17.8. The Morgan fingerprint density at radius 2 is 1.62 bits per heavy atom. The third-order valence-corrected chi connectivity index (χ3v) is 8.77. The van der Waals surface area contributed by atoms with Gasteiger partial charge in [-0.25, -0.2) is 8.78 Å². The van der Waals surface area contributed by atoms with Crippen molar-refractivity contribution in [2.45, 2.75) is 118 Å². The number of carbonyl (C=O) groups excluding carboxylic acids is 4. The molecule has 2 N–H and O–H groups in total. The number of alkyl halides is 1. The summed E-state index contributed by atoms with van der Waals surface area (Å²) < 4.78 is 26.8. The van der Waals surface area contributed by atoms with E-state index in [2.05, 4.69) is 37.5 Å². The highest BCUT2D eigenvalue weighted by Crippen LogP contribution is 2.42. The van der Waals surface area contributed by atoms with Crippen molar-refractivity contribution in [3.63, 3.8) is 0 Å². The zero-order valence-corrected chi connectivity index (χ0v) is 30.4. The quantitative estimate of drug-likeness (QED) is 0.331. The van der Waals surface area contributed by atoms with Crippen LogP contribution >= 0.6 is 0 Å². The lowest BCUT2D eigenvalue weighted by molar-refractivity contribution is -0.146. The van der Waals surface area contributed by atoms with Gasteiger partial charge in [-0.3, -0.25) is 14.4 Å². The van der Waals surface area contributed by atoms with Crippen molar-refractivity contribution < 1.29 is 28.0 Å². The molecule has 0 aromatic heterocycles. The molecule has 3 amide bonds. The van der Waals surface area contributed by atoms with Crippen molar-refractivity contribution >= 4 is 29.7 Å². The van der Waals surface area contributed by atoms with Crippen LogP contribution in [0.5, 0.6) is 0 Å². The second kappa shape index (κ2) is 21.4. The van der Waals surface area contributed by atoms with Gasteiger partial charge < -0.3 is 25.2 Å². The van der Waals surface area contributed by atoms with Crippen LogP contribution in [0.25, 0.3) is 0 Å². The monoisotopic (exact) mass is 675 g/mol. The fraction of sp³-hybridized carbons (Fsp3) is 0.703. The summed E-state index contributed by atoms with van der Waals surface area (Å²) in [4.78, 5) is 52.8. The number of amides is 3. The third-order valence-electron chi connectivity index (χ3n) is 8.77. The maximum atomic E-state index is 14.3. The normalized spacial score (nSPS) is 24.5. The Labute approximate surface area is 287 Å².